The molecule has 40 heavy (non-hydrogen) atoms. The zero-order chi connectivity index (χ0) is 30.4. The van der Waals surface area contributed by atoms with Crippen molar-refractivity contribution in [2.45, 2.75) is 85.9 Å². The lowest BCUT2D eigenvalue weighted by Gasteiger charge is -2.29. The van der Waals surface area contributed by atoms with Gasteiger partial charge in [-0.3, -0.25) is 9.59 Å². The highest BCUT2D eigenvalue weighted by Gasteiger charge is 2.37. The van der Waals surface area contributed by atoms with E-state index < -0.39 is 35.1 Å². The van der Waals surface area contributed by atoms with Crippen molar-refractivity contribution in [2.24, 2.45) is 4.99 Å². The van der Waals surface area contributed by atoms with Crippen LogP contribution in [-0.4, -0.2) is 74.9 Å². The number of aliphatic carboxylic acids is 1. The van der Waals surface area contributed by atoms with E-state index in [4.69, 9.17) is 9.47 Å². The fourth-order valence-electron chi connectivity index (χ4n) is 3.84. The van der Waals surface area contributed by atoms with Gasteiger partial charge in [0.05, 0.1) is 5.69 Å². The third-order valence-corrected chi connectivity index (χ3v) is 5.37. The van der Waals surface area contributed by atoms with E-state index in [0.717, 1.165) is 12.8 Å². The molecule has 0 atom stereocenters. The van der Waals surface area contributed by atoms with Crippen LogP contribution in [0.5, 0.6) is 0 Å². The summed E-state index contributed by atoms with van der Waals surface area (Å²) >= 11 is 0. The van der Waals surface area contributed by atoms with Crippen molar-refractivity contribution in [2.75, 3.05) is 13.1 Å². The fraction of sp³-hybridized carbons (Fsp3) is 0.517. The molecule has 0 saturated heterocycles. The van der Waals surface area contributed by atoms with Crippen molar-refractivity contribution in [3.63, 3.8) is 0 Å². The van der Waals surface area contributed by atoms with Crippen molar-refractivity contribution >= 4 is 47.4 Å². The Morgan fingerprint density at radius 1 is 0.900 bits per heavy atom. The molecule has 11 heteroatoms. The number of amides is 3. The number of hydrogen-bond donors (Lipinski definition) is 1. The number of ketones is 1. The van der Waals surface area contributed by atoms with Crippen LogP contribution in [0, 0.1) is 0 Å². The summed E-state index contributed by atoms with van der Waals surface area (Å²) in [6.45, 7) is 14.7. The largest absolute Gasteiger partial charge is 0.475 e. The number of carboxylic acid groups (broad SMARTS) is 1. The second-order valence-corrected chi connectivity index (χ2v) is 11.4. The van der Waals surface area contributed by atoms with Crippen LogP contribution in [0.2, 0.25) is 0 Å². The van der Waals surface area contributed by atoms with Crippen LogP contribution < -0.4 is 0 Å². The number of aliphatic imine (C=N–C) groups is 1. The molecule has 0 saturated carbocycles. The van der Waals surface area contributed by atoms with E-state index in [9.17, 15) is 29.1 Å². The summed E-state index contributed by atoms with van der Waals surface area (Å²) in [5, 5.41) is 9.20. The number of benzene rings is 1. The number of hydrogen-bond acceptors (Lipinski definition) is 8. The van der Waals surface area contributed by atoms with Crippen LogP contribution in [0.3, 0.4) is 0 Å². The Labute approximate surface area is 234 Å². The molecule has 218 valence electrons. The van der Waals surface area contributed by atoms with Gasteiger partial charge in [0, 0.05) is 36.2 Å². The molecular formula is C29H39N3O8. The maximum Gasteiger partial charge on any atom is 0.425 e. The second-order valence-electron chi connectivity index (χ2n) is 11.4. The normalized spacial score (nSPS) is 13.2. The van der Waals surface area contributed by atoms with Gasteiger partial charge < -0.3 is 19.5 Å². The van der Waals surface area contributed by atoms with E-state index in [1.54, 1.807) is 52.5 Å². The monoisotopic (exact) mass is 557 g/mol. The van der Waals surface area contributed by atoms with E-state index in [1.807, 2.05) is 13.8 Å². The number of amidine groups is 1. The molecule has 3 amide bonds. The fourth-order valence-corrected chi connectivity index (χ4v) is 3.84. The Hall–Kier alpha value is -4.02. The van der Waals surface area contributed by atoms with E-state index in [1.165, 1.54) is 18.2 Å². The number of carbonyl (C=O) groups is 5. The zero-order valence-corrected chi connectivity index (χ0v) is 24.5. The smallest absolute Gasteiger partial charge is 0.425 e. The van der Waals surface area contributed by atoms with Gasteiger partial charge in [-0.1, -0.05) is 26.0 Å². The second kappa shape index (κ2) is 12.9. The number of ether oxygens (including phenoxy) is 2. The van der Waals surface area contributed by atoms with Crippen LogP contribution in [0.15, 0.2) is 28.8 Å². The van der Waals surface area contributed by atoms with Crippen LogP contribution in [0.1, 0.15) is 90.6 Å². The van der Waals surface area contributed by atoms with Gasteiger partial charge in [0.1, 0.15) is 17.0 Å². The number of imide groups is 1. The minimum atomic E-state index is -1.65. The van der Waals surface area contributed by atoms with Gasteiger partial charge in [0.15, 0.2) is 0 Å². The van der Waals surface area contributed by atoms with Crippen molar-refractivity contribution < 1.29 is 38.6 Å². The molecule has 2 rings (SSSR count). The van der Waals surface area contributed by atoms with Crippen LogP contribution in [0.4, 0.5) is 15.3 Å². The third-order valence-electron chi connectivity index (χ3n) is 5.37. The number of rotatable bonds is 7. The highest BCUT2D eigenvalue weighted by Crippen LogP contribution is 2.31. The van der Waals surface area contributed by atoms with Crippen LogP contribution >= 0.6 is 0 Å². The SMILES string of the molecule is CCCN(CCC)C(=O)C1=Cc2ccc(C(=O)C(=O)O)cc2N=C(N(C(=O)OC(C)(C)C)C(=O)OC(C)(C)C)C1. The quantitative estimate of drug-likeness (QED) is 0.337. The number of Topliss-reactive ketones (excluding diaryl/α,β-unsaturated/α-hetero) is 1. The molecule has 1 aliphatic rings. The summed E-state index contributed by atoms with van der Waals surface area (Å²) in [6.07, 6.45) is 0.653. The molecule has 1 aromatic rings. The number of carboxylic acids is 1. The van der Waals surface area contributed by atoms with Gasteiger partial charge in [0.25, 0.3) is 5.78 Å². The van der Waals surface area contributed by atoms with Gasteiger partial charge in [-0.05, 0) is 66.5 Å². The minimum absolute atomic E-state index is 0.0968. The first kappa shape index (κ1) is 32.2. The summed E-state index contributed by atoms with van der Waals surface area (Å²) in [5.74, 6) is -3.28. The van der Waals surface area contributed by atoms with Crippen molar-refractivity contribution in [1.29, 1.82) is 0 Å². The van der Waals surface area contributed by atoms with E-state index in [2.05, 4.69) is 4.99 Å². The molecule has 1 heterocycles. The standard InChI is InChI=1S/C29H39N3O8/c1-9-13-31(14-10-2)24(34)20-15-18-11-12-19(23(33)25(35)36)16-21(18)30-22(17-20)32(26(37)39-28(3,4)5)27(38)40-29(6,7)8/h11-12,15-16H,9-10,13-14,17H2,1-8H3,(H,35,36). The number of carbonyl (C=O) groups excluding carboxylic acids is 4. The lowest BCUT2D eigenvalue weighted by Crippen LogP contribution is -2.47. The summed E-state index contributed by atoms with van der Waals surface area (Å²) in [6, 6.07) is 4.04. The predicted molar refractivity (Wildman–Crippen MR) is 150 cm³/mol. The van der Waals surface area contributed by atoms with Crippen LogP contribution in [-0.2, 0) is 19.1 Å². The Bertz CT molecular complexity index is 1200. The van der Waals surface area contributed by atoms with Gasteiger partial charge in [-0.15, -0.1) is 0 Å². The molecular weight excluding hydrogens is 518 g/mol. The average molecular weight is 558 g/mol. The summed E-state index contributed by atoms with van der Waals surface area (Å²) < 4.78 is 11.0. The molecule has 1 aliphatic heterocycles. The van der Waals surface area contributed by atoms with E-state index in [-0.39, 0.29) is 35.0 Å². The first-order valence-corrected chi connectivity index (χ1v) is 13.2. The molecule has 0 aromatic heterocycles. The van der Waals surface area contributed by atoms with Crippen molar-refractivity contribution in [1.82, 2.24) is 9.80 Å². The summed E-state index contributed by atoms with van der Waals surface area (Å²) in [4.78, 5) is 70.7. The van der Waals surface area contributed by atoms with E-state index >= 15 is 0 Å². The zero-order valence-electron chi connectivity index (χ0n) is 24.5. The number of fused-ring (bicyclic) bond motifs is 1. The summed E-state index contributed by atoms with van der Waals surface area (Å²) in [7, 11) is 0. The van der Waals surface area contributed by atoms with Crippen molar-refractivity contribution in [3.8, 4) is 0 Å². The topological polar surface area (TPSA) is 143 Å². The van der Waals surface area contributed by atoms with Crippen LogP contribution in [0.25, 0.3) is 6.08 Å². The first-order valence-electron chi connectivity index (χ1n) is 13.2. The maximum absolute atomic E-state index is 13.7. The molecule has 0 aliphatic carbocycles. The molecule has 11 nitrogen and oxygen atoms in total. The Balaban J connectivity index is 2.79. The highest BCUT2D eigenvalue weighted by atomic mass is 16.6. The average Bonchev–Trinajstić information content (AvgIpc) is 2.99. The van der Waals surface area contributed by atoms with Gasteiger partial charge in [-0.2, -0.15) is 4.90 Å². The maximum atomic E-state index is 13.7. The summed E-state index contributed by atoms with van der Waals surface area (Å²) in [5.41, 5.74) is -1.36. The Kier molecular flexibility index (Phi) is 10.4. The Morgan fingerprint density at radius 3 is 1.88 bits per heavy atom. The lowest BCUT2D eigenvalue weighted by molar-refractivity contribution is -0.132. The minimum Gasteiger partial charge on any atom is -0.475 e. The molecule has 1 aromatic carbocycles. The third kappa shape index (κ3) is 8.75. The van der Waals surface area contributed by atoms with Gasteiger partial charge in [-0.25, -0.2) is 19.4 Å². The first-order chi connectivity index (χ1) is 18.5. The van der Waals surface area contributed by atoms with Gasteiger partial charge >= 0.3 is 18.2 Å². The highest BCUT2D eigenvalue weighted by molar-refractivity contribution is 6.40. The number of nitrogens with zero attached hydrogens (tertiary/aromatic N) is 3. The predicted octanol–water partition coefficient (Wildman–Crippen LogP) is 5.59. The lowest BCUT2D eigenvalue weighted by atomic mass is 10.0. The molecule has 0 spiro atoms. The van der Waals surface area contributed by atoms with E-state index in [0.29, 0.717) is 23.6 Å². The molecule has 0 bridgehead atoms. The molecule has 0 radical (unpaired) electrons. The molecule has 0 fully saturated rings. The molecule has 0 unspecified atom stereocenters. The van der Waals surface area contributed by atoms with Crippen molar-refractivity contribution in [3.05, 3.63) is 34.9 Å². The molecule has 1 N–H and O–H groups in total. The van der Waals surface area contributed by atoms with Gasteiger partial charge in [0.2, 0.25) is 5.91 Å². The Morgan fingerprint density at radius 2 is 1.43 bits per heavy atom.